The van der Waals surface area contributed by atoms with Gasteiger partial charge in [-0.15, -0.1) is 0 Å². The summed E-state index contributed by atoms with van der Waals surface area (Å²) in [7, 11) is 0. The van der Waals surface area contributed by atoms with Crippen LogP contribution in [0.15, 0.2) is 18.2 Å². The number of aryl methyl sites for hydroxylation is 1. The number of thioether (sulfide) groups is 1. The Morgan fingerprint density at radius 3 is 2.38 bits per heavy atom. The Kier molecular flexibility index (Phi) is 7.25. The smallest absolute Gasteiger partial charge is 0.0452 e. The van der Waals surface area contributed by atoms with Crippen molar-refractivity contribution in [3.8, 4) is 0 Å². The van der Waals surface area contributed by atoms with E-state index in [1.54, 1.807) is 0 Å². The zero-order chi connectivity index (χ0) is 15.2. The third-order valence-corrected chi connectivity index (χ3v) is 6.39. The SMILES string of the molecule is CC(C)SCC1CCC(CCc2ccc(Cl)cc2Cl)CC1. The molecule has 0 aromatic heterocycles. The van der Waals surface area contributed by atoms with Gasteiger partial charge in [0.2, 0.25) is 0 Å². The Morgan fingerprint density at radius 1 is 1.10 bits per heavy atom. The third-order valence-electron chi connectivity index (χ3n) is 4.47. The molecule has 0 saturated heterocycles. The van der Waals surface area contributed by atoms with Gasteiger partial charge < -0.3 is 0 Å². The average molecular weight is 345 g/mol. The quantitative estimate of drug-likeness (QED) is 0.542. The van der Waals surface area contributed by atoms with E-state index in [-0.39, 0.29) is 0 Å². The van der Waals surface area contributed by atoms with Gasteiger partial charge in [0.1, 0.15) is 0 Å². The van der Waals surface area contributed by atoms with Crippen LogP contribution in [0.2, 0.25) is 10.0 Å². The fraction of sp³-hybridized carbons (Fsp3) is 0.667. The summed E-state index contributed by atoms with van der Waals surface area (Å²) in [4.78, 5) is 0. The van der Waals surface area contributed by atoms with Gasteiger partial charge in [-0.2, -0.15) is 11.8 Å². The minimum atomic E-state index is 0.729. The molecule has 118 valence electrons. The van der Waals surface area contributed by atoms with Crippen molar-refractivity contribution in [2.24, 2.45) is 11.8 Å². The molecule has 0 heterocycles. The molecule has 2 rings (SSSR count). The summed E-state index contributed by atoms with van der Waals surface area (Å²) in [6.45, 7) is 4.60. The first-order chi connectivity index (χ1) is 10.0. The highest BCUT2D eigenvalue weighted by Crippen LogP contribution is 2.34. The molecule has 0 aliphatic heterocycles. The van der Waals surface area contributed by atoms with Gasteiger partial charge in [-0.1, -0.05) is 56.0 Å². The van der Waals surface area contributed by atoms with Crippen molar-refractivity contribution < 1.29 is 0 Å². The fourth-order valence-corrected chi connectivity index (χ4v) is 4.59. The van der Waals surface area contributed by atoms with Crippen LogP contribution in [0, 0.1) is 11.8 Å². The van der Waals surface area contributed by atoms with Crippen molar-refractivity contribution in [1.29, 1.82) is 0 Å². The molecule has 0 nitrogen and oxygen atoms in total. The second-order valence-electron chi connectivity index (χ2n) is 6.54. The maximum atomic E-state index is 6.25. The highest BCUT2D eigenvalue weighted by atomic mass is 35.5. The molecule has 0 atom stereocenters. The Balaban J connectivity index is 1.71. The van der Waals surface area contributed by atoms with Gasteiger partial charge >= 0.3 is 0 Å². The fourth-order valence-electron chi connectivity index (χ4n) is 3.10. The first kappa shape index (κ1) is 17.5. The molecule has 1 aliphatic rings. The topological polar surface area (TPSA) is 0 Å². The molecule has 0 spiro atoms. The summed E-state index contributed by atoms with van der Waals surface area (Å²) < 4.78 is 0. The van der Waals surface area contributed by atoms with Gasteiger partial charge in [-0.25, -0.2) is 0 Å². The summed E-state index contributed by atoms with van der Waals surface area (Å²) in [5.74, 6) is 3.19. The van der Waals surface area contributed by atoms with Gasteiger partial charge in [0.05, 0.1) is 0 Å². The van der Waals surface area contributed by atoms with Crippen LogP contribution >= 0.6 is 35.0 Å². The number of benzene rings is 1. The molecule has 3 heteroatoms. The monoisotopic (exact) mass is 344 g/mol. The van der Waals surface area contributed by atoms with Crippen molar-refractivity contribution in [2.45, 2.75) is 57.6 Å². The van der Waals surface area contributed by atoms with Gasteiger partial charge in [0.25, 0.3) is 0 Å². The largest absolute Gasteiger partial charge is 0.159 e. The van der Waals surface area contributed by atoms with Crippen molar-refractivity contribution in [3.63, 3.8) is 0 Å². The number of rotatable bonds is 6. The van der Waals surface area contributed by atoms with Crippen LogP contribution in [0.1, 0.15) is 51.5 Å². The minimum Gasteiger partial charge on any atom is -0.159 e. The van der Waals surface area contributed by atoms with E-state index in [1.165, 1.54) is 43.4 Å². The van der Waals surface area contributed by atoms with Crippen LogP contribution in [0.25, 0.3) is 0 Å². The predicted molar refractivity (Wildman–Crippen MR) is 97.8 cm³/mol. The zero-order valence-corrected chi connectivity index (χ0v) is 15.4. The van der Waals surface area contributed by atoms with Crippen LogP contribution in [0.3, 0.4) is 0 Å². The maximum absolute atomic E-state index is 6.25. The van der Waals surface area contributed by atoms with Crippen molar-refractivity contribution in [1.82, 2.24) is 0 Å². The van der Waals surface area contributed by atoms with E-state index in [9.17, 15) is 0 Å². The molecule has 1 saturated carbocycles. The standard InChI is InChI=1S/C18H26Cl2S/c1-13(2)21-12-15-5-3-14(4-6-15)7-8-16-9-10-17(19)11-18(16)20/h9-11,13-15H,3-8,12H2,1-2H3. The lowest BCUT2D eigenvalue weighted by molar-refractivity contribution is 0.281. The van der Waals surface area contributed by atoms with Crippen LogP contribution in [0.5, 0.6) is 0 Å². The number of halogens is 2. The average Bonchev–Trinajstić information content (AvgIpc) is 2.45. The Morgan fingerprint density at radius 2 is 1.76 bits per heavy atom. The van der Waals surface area contributed by atoms with Crippen molar-refractivity contribution in [3.05, 3.63) is 33.8 Å². The zero-order valence-electron chi connectivity index (χ0n) is 13.1. The first-order valence-corrected chi connectivity index (χ1v) is 9.90. The van der Waals surface area contributed by atoms with E-state index in [1.807, 2.05) is 12.1 Å². The Bertz CT molecular complexity index is 437. The lowest BCUT2D eigenvalue weighted by atomic mass is 9.80. The lowest BCUT2D eigenvalue weighted by Crippen LogP contribution is -2.17. The van der Waals surface area contributed by atoms with Gasteiger partial charge in [0.15, 0.2) is 0 Å². The molecule has 0 unspecified atom stereocenters. The van der Waals surface area contributed by atoms with Crippen molar-refractivity contribution >= 4 is 35.0 Å². The van der Waals surface area contributed by atoms with E-state index >= 15 is 0 Å². The number of hydrogen-bond donors (Lipinski definition) is 0. The predicted octanol–water partition coefficient (Wildman–Crippen LogP) is 6.87. The molecule has 1 aromatic carbocycles. The maximum Gasteiger partial charge on any atom is 0.0452 e. The van der Waals surface area contributed by atoms with E-state index in [0.717, 1.165) is 33.6 Å². The third kappa shape index (κ3) is 6.04. The molecule has 21 heavy (non-hydrogen) atoms. The molecular formula is C18H26Cl2S. The van der Waals surface area contributed by atoms with Gasteiger partial charge in [-0.3, -0.25) is 0 Å². The minimum absolute atomic E-state index is 0.729. The van der Waals surface area contributed by atoms with Crippen molar-refractivity contribution in [2.75, 3.05) is 5.75 Å². The van der Waals surface area contributed by atoms with Crippen LogP contribution in [0.4, 0.5) is 0 Å². The van der Waals surface area contributed by atoms with Crippen LogP contribution < -0.4 is 0 Å². The molecular weight excluding hydrogens is 319 g/mol. The molecule has 1 aromatic rings. The van der Waals surface area contributed by atoms with E-state index in [4.69, 9.17) is 23.2 Å². The lowest BCUT2D eigenvalue weighted by Gasteiger charge is -2.28. The summed E-state index contributed by atoms with van der Waals surface area (Å²) in [5.41, 5.74) is 1.25. The summed E-state index contributed by atoms with van der Waals surface area (Å²) in [6, 6.07) is 5.89. The van der Waals surface area contributed by atoms with Gasteiger partial charge in [0, 0.05) is 10.0 Å². The molecule has 0 bridgehead atoms. The van der Waals surface area contributed by atoms with Gasteiger partial charge in [-0.05, 0) is 66.2 Å². The Labute approximate surface area is 144 Å². The molecule has 1 fully saturated rings. The van der Waals surface area contributed by atoms with E-state index in [0.29, 0.717) is 0 Å². The first-order valence-electron chi connectivity index (χ1n) is 8.10. The Hall–Kier alpha value is 0.150. The summed E-state index contributed by atoms with van der Waals surface area (Å²) >= 11 is 14.3. The molecule has 1 aliphatic carbocycles. The summed E-state index contributed by atoms with van der Waals surface area (Å²) in [5, 5.41) is 2.33. The van der Waals surface area contributed by atoms with E-state index in [2.05, 4.69) is 31.7 Å². The number of hydrogen-bond acceptors (Lipinski definition) is 1. The molecule has 0 amide bonds. The van der Waals surface area contributed by atoms with Crippen LogP contribution in [-0.4, -0.2) is 11.0 Å². The second kappa shape index (κ2) is 8.70. The highest BCUT2D eigenvalue weighted by molar-refractivity contribution is 7.99. The normalized spacial score (nSPS) is 22.7. The summed E-state index contributed by atoms with van der Waals surface area (Å²) in [6.07, 6.45) is 7.98. The second-order valence-corrected chi connectivity index (χ2v) is 9.00. The highest BCUT2D eigenvalue weighted by Gasteiger charge is 2.21. The molecule has 0 N–H and O–H groups in total. The van der Waals surface area contributed by atoms with Crippen LogP contribution in [-0.2, 0) is 6.42 Å². The van der Waals surface area contributed by atoms with E-state index < -0.39 is 0 Å². The molecule has 0 radical (unpaired) electrons.